The summed E-state index contributed by atoms with van der Waals surface area (Å²) in [6.07, 6.45) is 2.70. The molecule has 6 nitrogen and oxygen atoms in total. The number of carbonyl (C=O) groups is 1. The second kappa shape index (κ2) is 7.33. The van der Waals surface area contributed by atoms with Gasteiger partial charge in [0.2, 0.25) is 0 Å². The minimum Gasteiger partial charge on any atom is -0.497 e. The van der Waals surface area contributed by atoms with Gasteiger partial charge in [-0.2, -0.15) is 0 Å². The zero-order chi connectivity index (χ0) is 18.7. The molecule has 2 aromatic rings. The highest BCUT2D eigenvalue weighted by Crippen LogP contribution is 2.32. The Morgan fingerprint density at radius 2 is 1.96 bits per heavy atom. The highest BCUT2D eigenvalue weighted by Gasteiger charge is 2.36. The fourth-order valence-corrected chi connectivity index (χ4v) is 3.18. The number of hydrogen-bond donors (Lipinski definition) is 2. The first kappa shape index (κ1) is 18.2. The number of nitrogens with one attached hydrogen (secondary N) is 1. The number of carbonyl (C=O) groups excluding carboxylic acids is 1. The summed E-state index contributed by atoms with van der Waals surface area (Å²) < 4.78 is 5.19. The van der Waals surface area contributed by atoms with Crippen LogP contribution in [0.4, 0.5) is 10.5 Å². The monoisotopic (exact) mass is 355 g/mol. The summed E-state index contributed by atoms with van der Waals surface area (Å²) in [7, 11) is 1.62. The first-order valence-corrected chi connectivity index (χ1v) is 8.77. The van der Waals surface area contributed by atoms with Crippen LogP contribution in [0.3, 0.4) is 0 Å². The molecule has 0 spiro atoms. The van der Waals surface area contributed by atoms with Crippen LogP contribution in [0.2, 0.25) is 0 Å². The van der Waals surface area contributed by atoms with E-state index >= 15 is 0 Å². The summed E-state index contributed by atoms with van der Waals surface area (Å²) in [5.74, 6) is 0.758. The summed E-state index contributed by atoms with van der Waals surface area (Å²) >= 11 is 0. The lowest BCUT2D eigenvalue weighted by atomic mass is 9.87. The first-order valence-electron chi connectivity index (χ1n) is 8.77. The van der Waals surface area contributed by atoms with Crippen LogP contribution < -0.4 is 10.1 Å². The number of likely N-dealkylation sites (tertiary alicyclic amines) is 1. The normalized spacial score (nSPS) is 16.2. The lowest BCUT2D eigenvalue weighted by Crippen LogP contribution is -2.47. The van der Waals surface area contributed by atoms with Gasteiger partial charge in [0.1, 0.15) is 11.4 Å². The molecule has 1 aliphatic rings. The van der Waals surface area contributed by atoms with Crippen molar-refractivity contribution >= 4 is 11.7 Å². The van der Waals surface area contributed by atoms with Crippen LogP contribution in [0.25, 0.3) is 0 Å². The Bertz CT molecular complexity index is 781. The molecular weight excluding hydrogens is 330 g/mol. The number of rotatable bonds is 3. The summed E-state index contributed by atoms with van der Waals surface area (Å²) in [4.78, 5) is 18.6. The maximum Gasteiger partial charge on any atom is 0.321 e. The van der Waals surface area contributed by atoms with Crippen molar-refractivity contribution in [2.75, 3.05) is 25.5 Å². The standard InChI is InChI=1S/C20H25N3O3/c1-14-4-7-18(21-13-14)20(25)8-10-23(11-9-20)19(24)22-17-6-5-16(26-3)12-15(17)2/h4-7,12-13,25H,8-11H2,1-3H3,(H,22,24). The number of urea groups is 1. The summed E-state index contributed by atoms with van der Waals surface area (Å²) in [5.41, 5.74) is 2.46. The van der Waals surface area contributed by atoms with Gasteiger partial charge in [-0.3, -0.25) is 4.98 Å². The quantitative estimate of drug-likeness (QED) is 0.886. The first-order chi connectivity index (χ1) is 12.4. The maximum atomic E-state index is 12.6. The molecule has 0 bridgehead atoms. The van der Waals surface area contributed by atoms with E-state index in [1.807, 2.05) is 44.2 Å². The van der Waals surface area contributed by atoms with Gasteiger partial charge >= 0.3 is 6.03 Å². The lowest BCUT2D eigenvalue weighted by Gasteiger charge is -2.37. The van der Waals surface area contributed by atoms with Crippen molar-refractivity contribution in [2.24, 2.45) is 0 Å². The highest BCUT2D eigenvalue weighted by molar-refractivity contribution is 5.90. The third-order valence-corrected chi connectivity index (χ3v) is 4.94. The molecule has 1 aromatic carbocycles. The molecule has 0 atom stereocenters. The van der Waals surface area contributed by atoms with Gasteiger partial charge < -0.3 is 20.1 Å². The number of pyridine rings is 1. The maximum absolute atomic E-state index is 12.6. The average Bonchev–Trinajstić information content (AvgIpc) is 2.64. The lowest BCUT2D eigenvalue weighted by molar-refractivity contribution is -0.0193. The van der Waals surface area contributed by atoms with Gasteiger partial charge in [-0.05, 0) is 62.1 Å². The van der Waals surface area contributed by atoms with Gasteiger partial charge in [-0.1, -0.05) is 6.07 Å². The molecule has 0 aliphatic carbocycles. The van der Waals surface area contributed by atoms with E-state index in [-0.39, 0.29) is 6.03 Å². The molecule has 1 aromatic heterocycles. The number of amides is 2. The minimum atomic E-state index is -0.972. The van der Waals surface area contributed by atoms with Gasteiger partial charge in [0, 0.05) is 25.0 Å². The van der Waals surface area contributed by atoms with Crippen LogP contribution >= 0.6 is 0 Å². The second-order valence-electron chi connectivity index (χ2n) is 6.85. The number of aliphatic hydroxyl groups is 1. The van der Waals surface area contributed by atoms with Crippen LogP contribution in [-0.2, 0) is 5.60 Å². The number of anilines is 1. The summed E-state index contributed by atoms with van der Waals surface area (Å²) in [6.45, 7) is 4.85. The Balaban J connectivity index is 1.62. The Hall–Kier alpha value is -2.60. The van der Waals surface area contributed by atoms with Gasteiger partial charge in [0.15, 0.2) is 0 Å². The molecule has 0 unspecified atom stereocenters. The SMILES string of the molecule is COc1ccc(NC(=O)N2CCC(O)(c3ccc(C)cn3)CC2)c(C)c1. The van der Waals surface area contributed by atoms with E-state index in [4.69, 9.17) is 4.74 Å². The van der Waals surface area contributed by atoms with Crippen molar-refractivity contribution in [2.45, 2.75) is 32.3 Å². The Labute approximate surface area is 153 Å². The molecule has 1 aliphatic heterocycles. The van der Waals surface area contributed by atoms with Crippen molar-refractivity contribution < 1.29 is 14.6 Å². The molecule has 1 fully saturated rings. The number of benzene rings is 1. The van der Waals surface area contributed by atoms with Crippen molar-refractivity contribution in [3.8, 4) is 5.75 Å². The van der Waals surface area contributed by atoms with E-state index in [1.54, 1.807) is 18.2 Å². The third-order valence-electron chi connectivity index (χ3n) is 4.94. The topological polar surface area (TPSA) is 74.7 Å². The summed E-state index contributed by atoms with van der Waals surface area (Å²) in [6, 6.07) is 9.20. The predicted octanol–water partition coefficient (Wildman–Crippen LogP) is 3.22. The molecule has 26 heavy (non-hydrogen) atoms. The Kier molecular flexibility index (Phi) is 5.13. The number of nitrogens with zero attached hydrogens (tertiary/aromatic N) is 2. The van der Waals surface area contributed by atoms with Crippen molar-refractivity contribution in [3.05, 3.63) is 53.3 Å². The van der Waals surface area contributed by atoms with E-state index in [9.17, 15) is 9.90 Å². The van der Waals surface area contributed by atoms with Crippen molar-refractivity contribution in [1.82, 2.24) is 9.88 Å². The number of ether oxygens (including phenoxy) is 1. The smallest absolute Gasteiger partial charge is 0.321 e. The van der Waals surface area contributed by atoms with Crippen LogP contribution in [0.1, 0.15) is 29.7 Å². The fraction of sp³-hybridized carbons (Fsp3) is 0.400. The molecule has 3 rings (SSSR count). The molecule has 2 N–H and O–H groups in total. The molecule has 0 saturated carbocycles. The predicted molar refractivity (Wildman–Crippen MR) is 100 cm³/mol. The number of aryl methyl sites for hydroxylation is 2. The van der Waals surface area contributed by atoms with E-state index in [0.717, 1.165) is 22.6 Å². The van der Waals surface area contributed by atoms with Crippen LogP contribution in [-0.4, -0.2) is 41.2 Å². The zero-order valence-electron chi connectivity index (χ0n) is 15.5. The minimum absolute atomic E-state index is 0.155. The van der Waals surface area contributed by atoms with Crippen molar-refractivity contribution in [1.29, 1.82) is 0 Å². The van der Waals surface area contributed by atoms with Crippen LogP contribution in [0.5, 0.6) is 5.75 Å². The number of aromatic nitrogens is 1. The highest BCUT2D eigenvalue weighted by atomic mass is 16.5. The molecule has 1 saturated heterocycles. The van der Waals surface area contributed by atoms with Gasteiger partial charge in [-0.25, -0.2) is 4.79 Å². The Morgan fingerprint density at radius 3 is 2.54 bits per heavy atom. The summed E-state index contributed by atoms with van der Waals surface area (Å²) in [5, 5.41) is 13.8. The molecule has 0 radical (unpaired) electrons. The number of methoxy groups -OCH3 is 1. The van der Waals surface area contributed by atoms with E-state index in [0.29, 0.717) is 31.6 Å². The molecule has 2 heterocycles. The van der Waals surface area contributed by atoms with Gasteiger partial charge in [0.05, 0.1) is 12.8 Å². The Morgan fingerprint density at radius 1 is 1.23 bits per heavy atom. The van der Waals surface area contributed by atoms with Gasteiger partial charge in [0.25, 0.3) is 0 Å². The fourth-order valence-electron chi connectivity index (χ4n) is 3.18. The zero-order valence-corrected chi connectivity index (χ0v) is 15.5. The molecular formula is C20H25N3O3. The average molecular weight is 355 g/mol. The number of hydrogen-bond acceptors (Lipinski definition) is 4. The van der Waals surface area contributed by atoms with E-state index in [2.05, 4.69) is 10.3 Å². The molecule has 6 heteroatoms. The third kappa shape index (κ3) is 3.80. The second-order valence-corrected chi connectivity index (χ2v) is 6.85. The van der Waals surface area contributed by atoms with Crippen LogP contribution in [0.15, 0.2) is 36.5 Å². The van der Waals surface area contributed by atoms with E-state index in [1.165, 1.54) is 0 Å². The van der Waals surface area contributed by atoms with Crippen LogP contribution in [0, 0.1) is 13.8 Å². The molecule has 138 valence electrons. The number of piperidine rings is 1. The van der Waals surface area contributed by atoms with Gasteiger partial charge in [-0.15, -0.1) is 0 Å². The molecule has 2 amide bonds. The van der Waals surface area contributed by atoms with E-state index < -0.39 is 5.60 Å². The van der Waals surface area contributed by atoms with Crippen molar-refractivity contribution in [3.63, 3.8) is 0 Å². The largest absolute Gasteiger partial charge is 0.497 e.